The van der Waals surface area contributed by atoms with Gasteiger partial charge in [-0.3, -0.25) is 4.99 Å². The van der Waals surface area contributed by atoms with Crippen molar-refractivity contribution in [3.05, 3.63) is 28.8 Å². The molecular formula is C25H35Cl2NOZr. The molecule has 1 N–H and O–H groups in total. The van der Waals surface area contributed by atoms with Crippen LogP contribution in [0.3, 0.4) is 0 Å². The Hall–Kier alpha value is 0.153. The van der Waals surface area contributed by atoms with Gasteiger partial charge in [-0.15, -0.1) is 0 Å². The molecule has 164 valence electrons. The summed E-state index contributed by atoms with van der Waals surface area (Å²) in [6.07, 6.45) is 15.4. The molecule has 5 heteroatoms. The summed E-state index contributed by atoms with van der Waals surface area (Å²) in [6.45, 7) is 4.52. The Morgan fingerprint density at radius 2 is 1.60 bits per heavy atom. The predicted octanol–water partition coefficient (Wildman–Crippen LogP) is 7.54. The molecule has 2 atom stereocenters. The van der Waals surface area contributed by atoms with E-state index in [2.05, 4.69) is 26.0 Å². The molecule has 1 aromatic carbocycles. The number of hydrogen-bond acceptors (Lipinski definition) is 2. The summed E-state index contributed by atoms with van der Waals surface area (Å²) in [7, 11) is 9.87. The van der Waals surface area contributed by atoms with Crippen molar-refractivity contribution in [2.45, 2.75) is 89.5 Å². The Kier molecular flexibility index (Phi) is 7.74. The third-order valence-corrected chi connectivity index (χ3v) is 8.36. The van der Waals surface area contributed by atoms with Crippen molar-refractivity contribution in [3.8, 4) is 5.75 Å². The molecule has 5 aliphatic rings. The Balaban J connectivity index is 0.000000687. The Morgan fingerprint density at radius 3 is 2.17 bits per heavy atom. The number of hydrogen-bond donors (Lipinski definition) is 1. The van der Waals surface area contributed by atoms with E-state index in [0.29, 0.717) is 17.7 Å². The van der Waals surface area contributed by atoms with Gasteiger partial charge >= 0.3 is 37.9 Å². The number of aromatic hydroxyl groups is 1. The first-order valence-electron chi connectivity index (χ1n) is 11.8. The van der Waals surface area contributed by atoms with Gasteiger partial charge in [0, 0.05) is 17.3 Å². The number of nitrogens with zero attached hydrogens (tertiary/aromatic N) is 1. The van der Waals surface area contributed by atoms with Crippen LogP contribution in [-0.2, 0) is 26.3 Å². The average molecular weight is 528 g/mol. The van der Waals surface area contributed by atoms with E-state index in [1.165, 1.54) is 75.3 Å². The number of rotatable bonds is 3. The van der Waals surface area contributed by atoms with E-state index in [4.69, 9.17) is 22.0 Å². The van der Waals surface area contributed by atoms with Crippen molar-refractivity contribution in [3.63, 3.8) is 0 Å². The van der Waals surface area contributed by atoms with Crippen molar-refractivity contribution in [2.24, 2.45) is 28.7 Å². The predicted molar refractivity (Wildman–Crippen MR) is 123 cm³/mol. The zero-order valence-corrected chi connectivity index (χ0v) is 22.3. The standard InChI is InChI=1S/C25H35NO.2ClH.Zr/c1-16-7-21(15-26-23-6-4-3-5-17(23)2)24(27)22(8-16)25-12-18-9-19(13-25)11-20(10-18)14-25;;;/h7-8,15,17-20,23,27H,3-6,9-14H2,1-2H3;2*1H;/q;;;+2/p-2. The summed E-state index contributed by atoms with van der Waals surface area (Å²) in [5.41, 5.74) is 3.72. The zero-order chi connectivity index (χ0) is 21.3. The van der Waals surface area contributed by atoms with Crippen LogP contribution in [0.15, 0.2) is 17.1 Å². The molecule has 30 heavy (non-hydrogen) atoms. The van der Waals surface area contributed by atoms with Gasteiger partial charge < -0.3 is 5.11 Å². The van der Waals surface area contributed by atoms with E-state index in [9.17, 15) is 5.11 Å². The number of halogens is 2. The van der Waals surface area contributed by atoms with Crippen molar-refractivity contribution >= 4 is 23.2 Å². The SMILES string of the molecule is Cc1cc(C=NC2CCCCC2C)c(O)c(C23CC4CC(CC(C4)C2)C3)c1.[Cl][Zr][Cl]. The molecule has 0 radical (unpaired) electrons. The van der Waals surface area contributed by atoms with Crippen molar-refractivity contribution in [1.29, 1.82) is 0 Å². The quantitative estimate of drug-likeness (QED) is 0.405. The Morgan fingerprint density at radius 1 is 1.03 bits per heavy atom. The topological polar surface area (TPSA) is 32.6 Å². The second-order valence-corrected chi connectivity index (χ2v) is 14.4. The van der Waals surface area contributed by atoms with Crippen LogP contribution in [0.5, 0.6) is 5.75 Å². The minimum atomic E-state index is -0.826. The van der Waals surface area contributed by atoms with Gasteiger partial charge in [-0.1, -0.05) is 25.8 Å². The van der Waals surface area contributed by atoms with Gasteiger partial charge in [0.05, 0.1) is 6.04 Å². The van der Waals surface area contributed by atoms with Gasteiger partial charge in [0.1, 0.15) is 5.75 Å². The Labute approximate surface area is 200 Å². The normalized spacial score (nSPS) is 37.1. The first-order chi connectivity index (χ1) is 14.4. The van der Waals surface area contributed by atoms with Crippen LogP contribution in [0.1, 0.15) is 87.8 Å². The molecule has 6 rings (SSSR count). The molecule has 4 bridgehead atoms. The van der Waals surface area contributed by atoms with Crippen molar-refractivity contribution < 1.29 is 26.0 Å². The summed E-state index contributed by atoms with van der Waals surface area (Å²) in [4.78, 5) is 4.94. The molecule has 5 fully saturated rings. The van der Waals surface area contributed by atoms with Crippen molar-refractivity contribution in [2.75, 3.05) is 0 Å². The summed E-state index contributed by atoms with van der Waals surface area (Å²) < 4.78 is 0. The van der Waals surface area contributed by atoms with E-state index >= 15 is 0 Å². The summed E-state index contributed by atoms with van der Waals surface area (Å²) in [6, 6.07) is 4.86. The summed E-state index contributed by atoms with van der Waals surface area (Å²) in [5.74, 6) is 3.91. The van der Waals surface area contributed by atoms with E-state index in [1.54, 1.807) is 0 Å². The van der Waals surface area contributed by atoms with E-state index in [1.807, 2.05) is 6.21 Å². The first-order valence-corrected chi connectivity index (χ1v) is 18.1. The monoisotopic (exact) mass is 525 g/mol. The zero-order valence-electron chi connectivity index (χ0n) is 18.3. The van der Waals surface area contributed by atoms with Crippen LogP contribution >= 0.6 is 17.0 Å². The molecule has 5 saturated carbocycles. The number of aryl methyl sites for hydroxylation is 1. The molecular weight excluding hydrogens is 492 g/mol. The minimum absolute atomic E-state index is 0.242. The van der Waals surface area contributed by atoms with Gasteiger partial charge in [0.15, 0.2) is 0 Å². The van der Waals surface area contributed by atoms with E-state index < -0.39 is 20.8 Å². The summed E-state index contributed by atoms with van der Waals surface area (Å²) >= 11 is -0.826. The maximum atomic E-state index is 11.3. The maximum absolute atomic E-state index is 11.3. The molecule has 2 unspecified atom stereocenters. The second kappa shape index (κ2) is 9.97. The third kappa shape index (κ3) is 4.89. The van der Waals surface area contributed by atoms with Crippen LogP contribution in [0, 0.1) is 30.6 Å². The molecule has 0 heterocycles. The van der Waals surface area contributed by atoms with Gasteiger partial charge in [-0.2, -0.15) is 0 Å². The number of aliphatic imine (C=N–C) groups is 1. The molecule has 1 aromatic rings. The molecule has 0 saturated heterocycles. The number of phenolic OH excluding ortho intramolecular Hbond substituents is 1. The number of phenols is 1. The summed E-state index contributed by atoms with van der Waals surface area (Å²) in [5, 5.41) is 11.3. The number of benzene rings is 1. The van der Waals surface area contributed by atoms with E-state index in [-0.39, 0.29) is 5.41 Å². The van der Waals surface area contributed by atoms with Crippen LogP contribution in [0.4, 0.5) is 0 Å². The second-order valence-electron chi connectivity index (χ2n) is 10.6. The van der Waals surface area contributed by atoms with Crippen LogP contribution in [0.2, 0.25) is 0 Å². The molecule has 0 aromatic heterocycles. The van der Waals surface area contributed by atoms with Gasteiger partial charge in [0.2, 0.25) is 0 Å². The molecule has 2 nitrogen and oxygen atoms in total. The van der Waals surface area contributed by atoms with E-state index in [0.717, 1.165) is 23.3 Å². The first kappa shape index (κ1) is 23.3. The van der Waals surface area contributed by atoms with Gasteiger partial charge in [-0.25, -0.2) is 0 Å². The molecule has 5 aliphatic carbocycles. The van der Waals surface area contributed by atoms with Crippen LogP contribution in [0.25, 0.3) is 0 Å². The fourth-order valence-corrected chi connectivity index (χ4v) is 7.44. The molecule has 0 spiro atoms. The average Bonchev–Trinajstić information content (AvgIpc) is 2.69. The van der Waals surface area contributed by atoms with Crippen LogP contribution < -0.4 is 0 Å². The fraction of sp³-hybridized carbons (Fsp3) is 0.720. The van der Waals surface area contributed by atoms with Gasteiger partial charge in [-0.05, 0) is 99.0 Å². The molecule has 0 amide bonds. The molecule has 0 aliphatic heterocycles. The third-order valence-electron chi connectivity index (χ3n) is 8.36. The van der Waals surface area contributed by atoms with Crippen molar-refractivity contribution in [1.82, 2.24) is 0 Å². The van der Waals surface area contributed by atoms with Gasteiger partial charge in [0.25, 0.3) is 0 Å². The fourth-order valence-electron chi connectivity index (χ4n) is 7.44. The van der Waals surface area contributed by atoms with Crippen LogP contribution in [-0.4, -0.2) is 17.4 Å². The Bertz CT molecular complexity index is 745.